The van der Waals surface area contributed by atoms with Crippen LogP contribution in [0.25, 0.3) is 0 Å². The van der Waals surface area contributed by atoms with Crippen LogP contribution in [0.5, 0.6) is 0 Å². The van der Waals surface area contributed by atoms with Crippen molar-refractivity contribution in [2.75, 3.05) is 14.2 Å². The van der Waals surface area contributed by atoms with Gasteiger partial charge in [-0.1, -0.05) is 0 Å². The maximum Gasteiger partial charge on any atom is 0.312 e. The minimum Gasteiger partial charge on any atom is -0.469 e. The summed E-state index contributed by atoms with van der Waals surface area (Å²) in [4.78, 5) is 23.0. The fraction of sp³-hybridized carbons (Fsp3) is 0.800. The summed E-state index contributed by atoms with van der Waals surface area (Å²) in [6.07, 6.45) is 1.29. The lowest BCUT2D eigenvalue weighted by Gasteiger charge is -2.23. The average molecular weight is 214 g/mol. The first-order valence-electron chi connectivity index (χ1n) is 5.00. The molecular weight excluding hydrogens is 200 g/mol. The number of esters is 2. The fourth-order valence-electron chi connectivity index (χ4n) is 2.55. The van der Waals surface area contributed by atoms with E-state index in [-0.39, 0.29) is 24.1 Å². The van der Waals surface area contributed by atoms with E-state index in [1.807, 2.05) is 0 Å². The number of carbonyl (C=O) groups excluding carboxylic acids is 2. The summed E-state index contributed by atoms with van der Waals surface area (Å²) >= 11 is 0. The van der Waals surface area contributed by atoms with Gasteiger partial charge in [-0.25, -0.2) is 0 Å². The summed E-state index contributed by atoms with van der Waals surface area (Å²) < 4.78 is 14.9. The lowest BCUT2D eigenvalue weighted by Crippen LogP contribution is -2.39. The predicted molar refractivity (Wildman–Crippen MR) is 48.9 cm³/mol. The van der Waals surface area contributed by atoms with Crippen LogP contribution in [0.2, 0.25) is 0 Å². The van der Waals surface area contributed by atoms with Crippen LogP contribution in [-0.4, -0.2) is 38.4 Å². The molecule has 2 saturated heterocycles. The number of hydrogen-bond acceptors (Lipinski definition) is 5. The fourth-order valence-corrected chi connectivity index (χ4v) is 2.55. The maximum atomic E-state index is 11.5. The van der Waals surface area contributed by atoms with E-state index >= 15 is 0 Å². The molecule has 0 N–H and O–H groups in total. The second kappa shape index (κ2) is 3.81. The second-order valence-electron chi connectivity index (χ2n) is 3.89. The highest BCUT2D eigenvalue weighted by atomic mass is 16.6. The molecule has 2 aliphatic rings. The molecule has 84 valence electrons. The Balaban J connectivity index is 2.19. The van der Waals surface area contributed by atoms with E-state index in [0.717, 1.165) is 12.8 Å². The minimum absolute atomic E-state index is 0.174. The molecule has 0 radical (unpaired) electrons. The molecule has 0 saturated carbocycles. The zero-order valence-electron chi connectivity index (χ0n) is 8.76. The van der Waals surface area contributed by atoms with Gasteiger partial charge in [-0.2, -0.15) is 0 Å². The molecule has 5 heteroatoms. The molecule has 0 amide bonds. The van der Waals surface area contributed by atoms with Gasteiger partial charge in [-0.3, -0.25) is 9.59 Å². The Hall–Kier alpha value is -1.10. The third kappa shape index (κ3) is 1.51. The standard InChI is InChI=1S/C10H14O5/c1-13-9(11)7-5-3-4-6(15-5)8(7)10(12)14-2/h5-8H,3-4H2,1-2H3/t5-,6+,7+,8-. The van der Waals surface area contributed by atoms with Crippen LogP contribution < -0.4 is 0 Å². The van der Waals surface area contributed by atoms with Crippen LogP contribution in [0.1, 0.15) is 12.8 Å². The molecule has 0 aromatic rings. The van der Waals surface area contributed by atoms with Gasteiger partial charge >= 0.3 is 11.9 Å². The van der Waals surface area contributed by atoms with Crippen LogP contribution in [0, 0.1) is 11.8 Å². The minimum atomic E-state index is -0.485. The Labute approximate surface area is 87.7 Å². The van der Waals surface area contributed by atoms with Gasteiger partial charge in [-0.15, -0.1) is 0 Å². The van der Waals surface area contributed by atoms with E-state index in [1.54, 1.807) is 0 Å². The van der Waals surface area contributed by atoms with Crippen molar-refractivity contribution in [1.29, 1.82) is 0 Å². The third-order valence-electron chi connectivity index (χ3n) is 3.22. The Morgan fingerprint density at radius 1 is 1.00 bits per heavy atom. The molecule has 2 bridgehead atoms. The van der Waals surface area contributed by atoms with E-state index in [1.165, 1.54) is 14.2 Å². The number of methoxy groups -OCH3 is 2. The van der Waals surface area contributed by atoms with Crippen molar-refractivity contribution in [2.24, 2.45) is 11.8 Å². The van der Waals surface area contributed by atoms with Crippen LogP contribution in [0.4, 0.5) is 0 Å². The Kier molecular flexibility index (Phi) is 2.65. The SMILES string of the molecule is COC(=O)[C@@H]1[C@H](C(=O)OC)[C@@H]2CC[C@H]1O2. The largest absolute Gasteiger partial charge is 0.469 e. The molecule has 0 aromatic heterocycles. The van der Waals surface area contributed by atoms with Crippen LogP contribution in [-0.2, 0) is 23.8 Å². The Bertz CT molecular complexity index is 260. The highest BCUT2D eigenvalue weighted by molar-refractivity contribution is 5.84. The van der Waals surface area contributed by atoms with E-state index < -0.39 is 11.8 Å². The highest BCUT2D eigenvalue weighted by Gasteiger charge is 2.56. The molecular formula is C10H14O5. The lowest BCUT2D eigenvalue weighted by molar-refractivity contribution is -0.157. The van der Waals surface area contributed by atoms with Crippen molar-refractivity contribution in [1.82, 2.24) is 0 Å². The maximum absolute atomic E-state index is 11.5. The van der Waals surface area contributed by atoms with E-state index in [0.29, 0.717) is 0 Å². The summed E-state index contributed by atoms with van der Waals surface area (Å²) in [6.45, 7) is 0. The molecule has 5 nitrogen and oxygen atoms in total. The number of rotatable bonds is 2. The van der Waals surface area contributed by atoms with Gasteiger partial charge in [-0.05, 0) is 12.8 Å². The van der Waals surface area contributed by atoms with Gasteiger partial charge in [0.2, 0.25) is 0 Å². The number of fused-ring (bicyclic) bond motifs is 2. The molecule has 2 aliphatic heterocycles. The van der Waals surface area contributed by atoms with Gasteiger partial charge < -0.3 is 14.2 Å². The summed E-state index contributed by atoms with van der Waals surface area (Å²) in [7, 11) is 2.64. The van der Waals surface area contributed by atoms with Crippen molar-refractivity contribution in [3.8, 4) is 0 Å². The topological polar surface area (TPSA) is 61.8 Å². The molecule has 2 heterocycles. The highest BCUT2D eigenvalue weighted by Crippen LogP contribution is 2.44. The molecule has 0 aliphatic carbocycles. The van der Waals surface area contributed by atoms with E-state index in [4.69, 9.17) is 4.74 Å². The summed E-state index contributed by atoms with van der Waals surface area (Å²) in [6, 6.07) is 0. The van der Waals surface area contributed by atoms with Gasteiger partial charge in [0, 0.05) is 0 Å². The zero-order valence-corrected chi connectivity index (χ0v) is 8.76. The van der Waals surface area contributed by atoms with Crippen LogP contribution in [0.15, 0.2) is 0 Å². The van der Waals surface area contributed by atoms with Gasteiger partial charge in [0.25, 0.3) is 0 Å². The molecule has 15 heavy (non-hydrogen) atoms. The summed E-state index contributed by atoms with van der Waals surface area (Å²) in [5.74, 6) is -1.72. The second-order valence-corrected chi connectivity index (χ2v) is 3.89. The molecule has 2 fully saturated rings. The van der Waals surface area contributed by atoms with E-state index in [2.05, 4.69) is 9.47 Å². The number of ether oxygens (including phenoxy) is 3. The van der Waals surface area contributed by atoms with Crippen LogP contribution >= 0.6 is 0 Å². The smallest absolute Gasteiger partial charge is 0.312 e. The van der Waals surface area contributed by atoms with Gasteiger partial charge in [0.1, 0.15) is 0 Å². The zero-order chi connectivity index (χ0) is 11.0. The number of hydrogen-bond donors (Lipinski definition) is 0. The lowest BCUT2D eigenvalue weighted by atomic mass is 9.79. The van der Waals surface area contributed by atoms with Crippen molar-refractivity contribution in [2.45, 2.75) is 25.0 Å². The molecule has 0 unspecified atom stereocenters. The molecule has 4 atom stereocenters. The number of carbonyl (C=O) groups is 2. The normalized spacial score (nSPS) is 37.7. The van der Waals surface area contributed by atoms with Crippen LogP contribution in [0.3, 0.4) is 0 Å². The Morgan fingerprint density at radius 3 is 1.73 bits per heavy atom. The first-order valence-corrected chi connectivity index (χ1v) is 5.00. The molecule has 0 aromatic carbocycles. The van der Waals surface area contributed by atoms with Crippen molar-refractivity contribution < 1.29 is 23.8 Å². The van der Waals surface area contributed by atoms with Crippen molar-refractivity contribution in [3.05, 3.63) is 0 Å². The van der Waals surface area contributed by atoms with Gasteiger partial charge in [0.15, 0.2) is 0 Å². The van der Waals surface area contributed by atoms with Crippen molar-refractivity contribution in [3.63, 3.8) is 0 Å². The van der Waals surface area contributed by atoms with Crippen molar-refractivity contribution >= 4 is 11.9 Å². The Morgan fingerprint density at radius 2 is 1.40 bits per heavy atom. The average Bonchev–Trinajstić information content (AvgIpc) is 2.86. The quantitative estimate of drug-likeness (QED) is 0.611. The summed E-state index contributed by atoms with van der Waals surface area (Å²) in [5, 5.41) is 0. The monoisotopic (exact) mass is 214 g/mol. The van der Waals surface area contributed by atoms with Gasteiger partial charge in [0.05, 0.1) is 38.3 Å². The first kappa shape index (κ1) is 10.4. The summed E-state index contributed by atoms with van der Waals surface area (Å²) in [5.41, 5.74) is 0. The molecule has 2 rings (SSSR count). The van der Waals surface area contributed by atoms with E-state index in [9.17, 15) is 9.59 Å². The third-order valence-corrected chi connectivity index (χ3v) is 3.22. The predicted octanol–water partition coefficient (Wildman–Crippen LogP) is 0.126. The first-order chi connectivity index (χ1) is 7.19. The molecule has 0 spiro atoms.